The fourth-order valence-corrected chi connectivity index (χ4v) is 1.57. The Morgan fingerprint density at radius 1 is 1.31 bits per heavy atom. The molecule has 0 aliphatic heterocycles. The Bertz CT molecular complexity index is 315. The van der Waals surface area contributed by atoms with E-state index in [1.54, 1.807) is 6.07 Å². The highest BCUT2D eigenvalue weighted by molar-refractivity contribution is 5.34. The van der Waals surface area contributed by atoms with E-state index >= 15 is 0 Å². The van der Waals surface area contributed by atoms with Crippen LogP contribution in [0.1, 0.15) is 31.7 Å². The molecule has 0 aliphatic carbocycles. The summed E-state index contributed by atoms with van der Waals surface area (Å²) in [5.41, 5.74) is 0.874. The second-order valence-electron chi connectivity index (χ2n) is 3.81. The maximum atomic E-state index is 13.5. The number of unbranched alkanes of at least 4 members (excludes halogenated alkanes) is 2. The van der Waals surface area contributed by atoms with Gasteiger partial charge in [-0.15, -0.1) is 0 Å². The number of hydrogen-bond acceptors (Lipinski definition) is 2. The fraction of sp³-hybridized carbons (Fsp3) is 0.538. The molecule has 1 aromatic carbocycles. The van der Waals surface area contributed by atoms with Gasteiger partial charge in [-0.1, -0.05) is 31.9 Å². The summed E-state index contributed by atoms with van der Waals surface area (Å²) in [4.78, 5) is 0. The first kappa shape index (κ1) is 13.0. The second-order valence-corrected chi connectivity index (χ2v) is 3.81. The molecule has 0 amide bonds. The van der Waals surface area contributed by atoms with Gasteiger partial charge in [0.05, 0.1) is 6.61 Å². The van der Waals surface area contributed by atoms with Crippen LogP contribution in [-0.4, -0.2) is 13.7 Å². The number of nitrogens with one attached hydrogen (secondary N) is 1. The Hall–Kier alpha value is -1.09. The maximum absolute atomic E-state index is 13.5. The molecule has 1 rings (SSSR count). The maximum Gasteiger partial charge on any atom is 0.165 e. The molecule has 0 saturated heterocycles. The van der Waals surface area contributed by atoms with Crippen molar-refractivity contribution in [2.45, 2.75) is 32.7 Å². The van der Waals surface area contributed by atoms with E-state index in [2.05, 4.69) is 12.2 Å². The zero-order valence-electron chi connectivity index (χ0n) is 10.1. The van der Waals surface area contributed by atoms with Crippen molar-refractivity contribution in [3.8, 4) is 5.75 Å². The molecular formula is C13H20FNO. The second kappa shape index (κ2) is 7.23. The van der Waals surface area contributed by atoms with Gasteiger partial charge in [-0.2, -0.15) is 0 Å². The van der Waals surface area contributed by atoms with Gasteiger partial charge in [0.15, 0.2) is 11.6 Å². The highest BCUT2D eigenvalue weighted by Gasteiger charge is 2.08. The number of hydrogen-bond donors (Lipinski definition) is 1. The number of halogens is 1. The SMILES string of the molecule is CCCCCOc1c(F)cccc1CNC. The molecule has 16 heavy (non-hydrogen) atoms. The van der Waals surface area contributed by atoms with Crippen LogP contribution in [0.15, 0.2) is 18.2 Å². The average Bonchev–Trinajstić information content (AvgIpc) is 2.28. The molecule has 1 N–H and O–H groups in total. The van der Waals surface area contributed by atoms with Crippen LogP contribution >= 0.6 is 0 Å². The minimum absolute atomic E-state index is 0.274. The van der Waals surface area contributed by atoms with Gasteiger partial charge in [0, 0.05) is 12.1 Å². The van der Waals surface area contributed by atoms with Crippen molar-refractivity contribution in [2.75, 3.05) is 13.7 Å². The summed E-state index contributed by atoms with van der Waals surface area (Å²) in [5.74, 6) is 0.122. The van der Waals surface area contributed by atoms with E-state index in [-0.39, 0.29) is 5.82 Å². The third-order valence-corrected chi connectivity index (χ3v) is 2.41. The number of rotatable bonds is 7. The predicted octanol–water partition coefficient (Wildman–Crippen LogP) is 3.11. The summed E-state index contributed by atoms with van der Waals surface area (Å²) < 4.78 is 19.0. The highest BCUT2D eigenvalue weighted by Crippen LogP contribution is 2.22. The standard InChI is InChI=1S/C13H20FNO/c1-3-4-5-9-16-13-11(10-15-2)7-6-8-12(13)14/h6-8,15H,3-5,9-10H2,1-2H3. The van der Waals surface area contributed by atoms with Crippen LogP contribution in [0.2, 0.25) is 0 Å². The van der Waals surface area contributed by atoms with Gasteiger partial charge in [-0.3, -0.25) is 0 Å². The predicted molar refractivity (Wildman–Crippen MR) is 64.2 cm³/mol. The monoisotopic (exact) mass is 225 g/mol. The van der Waals surface area contributed by atoms with E-state index in [4.69, 9.17) is 4.74 Å². The summed E-state index contributed by atoms with van der Waals surface area (Å²) in [6.45, 7) is 3.35. The van der Waals surface area contributed by atoms with E-state index in [0.29, 0.717) is 18.9 Å². The van der Waals surface area contributed by atoms with Gasteiger partial charge in [-0.05, 0) is 19.5 Å². The van der Waals surface area contributed by atoms with Gasteiger partial charge < -0.3 is 10.1 Å². The minimum Gasteiger partial charge on any atom is -0.490 e. The van der Waals surface area contributed by atoms with Crippen molar-refractivity contribution in [2.24, 2.45) is 0 Å². The van der Waals surface area contributed by atoms with Crippen LogP contribution in [0.5, 0.6) is 5.75 Å². The fourth-order valence-electron chi connectivity index (χ4n) is 1.57. The molecule has 2 nitrogen and oxygen atoms in total. The Morgan fingerprint density at radius 3 is 2.81 bits per heavy atom. The molecule has 0 aliphatic rings. The molecule has 0 fully saturated rings. The first-order valence-corrected chi connectivity index (χ1v) is 5.84. The average molecular weight is 225 g/mol. The molecule has 1 aromatic rings. The molecule has 0 saturated carbocycles. The molecule has 0 spiro atoms. The van der Waals surface area contributed by atoms with Crippen LogP contribution in [0, 0.1) is 5.82 Å². The summed E-state index contributed by atoms with van der Waals surface area (Å²) >= 11 is 0. The van der Waals surface area contributed by atoms with Crippen LogP contribution in [-0.2, 0) is 6.54 Å². The zero-order valence-corrected chi connectivity index (χ0v) is 10.1. The van der Waals surface area contributed by atoms with Crippen molar-refractivity contribution in [1.82, 2.24) is 5.32 Å². The lowest BCUT2D eigenvalue weighted by molar-refractivity contribution is 0.288. The van der Waals surface area contributed by atoms with Gasteiger partial charge in [-0.25, -0.2) is 4.39 Å². The molecule has 0 heterocycles. The van der Waals surface area contributed by atoms with E-state index in [0.717, 1.165) is 24.8 Å². The highest BCUT2D eigenvalue weighted by atomic mass is 19.1. The third kappa shape index (κ3) is 3.81. The summed E-state index contributed by atoms with van der Waals surface area (Å²) in [6, 6.07) is 5.03. The normalized spacial score (nSPS) is 10.4. The van der Waals surface area contributed by atoms with E-state index in [1.807, 2.05) is 13.1 Å². The summed E-state index contributed by atoms with van der Waals surface area (Å²) in [5, 5.41) is 3.01. The smallest absolute Gasteiger partial charge is 0.165 e. The van der Waals surface area contributed by atoms with E-state index < -0.39 is 0 Å². The molecule has 90 valence electrons. The van der Waals surface area contributed by atoms with Crippen LogP contribution in [0.4, 0.5) is 4.39 Å². The number of para-hydroxylation sites is 1. The molecular weight excluding hydrogens is 205 g/mol. The first-order valence-electron chi connectivity index (χ1n) is 5.84. The molecule has 0 aromatic heterocycles. The molecule has 0 atom stereocenters. The van der Waals surface area contributed by atoms with Gasteiger partial charge in [0.25, 0.3) is 0 Å². The van der Waals surface area contributed by atoms with Crippen molar-refractivity contribution >= 4 is 0 Å². The van der Waals surface area contributed by atoms with E-state index in [1.165, 1.54) is 6.07 Å². The Kier molecular flexibility index (Phi) is 5.86. The Balaban J connectivity index is 2.61. The van der Waals surface area contributed by atoms with E-state index in [9.17, 15) is 4.39 Å². The Labute approximate surface area is 96.8 Å². The third-order valence-electron chi connectivity index (χ3n) is 2.41. The summed E-state index contributed by atoms with van der Waals surface area (Å²) in [6.07, 6.45) is 3.24. The summed E-state index contributed by atoms with van der Waals surface area (Å²) in [7, 11) is 1.84. The Morgan fingerprint density at radius 2 is 2.12 bits per heavy atom. The molecule has 0 bridgehead atoms. The first-order chi connectivity index (χ1) is 7.79. The lowest BCUT2D eigenvalue weighted by atomic mass is 10.2. The van der Waals surface area contributed by atoms with Gasteiger partial charge in [0.2, 0.25) is 0 Å². The van der Waals surface area contributed by atoms with Crippen molar-refractivity contribution in [1.29, 1.82) is 0 Å². The van der Waals surface area contributed by atoms with Crippen molar-refractivity contribution in [3.63, 3.8) is 0 Å². The lowest BCUT2D eigenvalue weighted by Crippen LogP contribution is -2.09. The van der Waals surface area contributed by atoms with Gasteiger partial charge >= 0.3 is 0 Å². The zero-order chi connectivity index (χ0) is 11.8. The van der Waals surface area contributed by atoms with Crippen LogP contribution < -0.4 is 10.1 Å². The molecule has 0 radical (unpaired) electrons. The number of ether oxygens (including phenoxy) is 1. The molecule has 3 heteroatoms. The number of benzene rings is 1. The van der Waals surface area contributed by atoms with Crippen molar-refractivity contribution in [3.05, 3.63) is 29.6 Å². The van der Waals surface area contributed by atoms with Crippen LogP contribution in [0.25, 0.3) is 0 Å². The largest absolute Gasteiger partial charge is 0.490 e. The molecule has 0 unspecified atom stereocenters. The lowest BCUT2D eigenvalue weighted by Gasteiger charge is -2.11. The van der Waals surface area contributed by atoms with Gasteiger partial charge in [0.1, 0.15) is 0 Å². The topological polar surface area (TPSA) is 21.3 Å². The van der Waals surface area contributed by atoms with Crippen LogP contribution in [0.3, 0.4) is 0 Å². The minimum atomic E-state index is -0.274. The quantitative estimate of drug-likeness (QED) is 0.720. The van der Waals surface area contributed by atoms with Crippen molar-refractivity contribution < 1.29 is 9.13 Å².